The number of rotatable bonds is 7. The Labute approximate surface area is 123 Å². The van der Waals surface area contributed by atoms with E-state index in [1.54, 1.807) is 18.3 Å². The van der Waals surface area contributed by atoms with Crippen LogP contribution in [0.5, 0.6) is 0 Å². The Bertz CT molecular complexity index is 712. The first-order chi connectivity index (χ1) is 9.90. The molecule has 0 bridgehead atoms. The second kappa shape index (κ2) is 6.25. The molecule has 0 unspecified atom stereocenters. The third-order valence-electron chi connectivity index (χ3n) is 2.96. The predicted octanol–water partition coefficient (Wildman–Crippen LogP) is 0.656. The van der Waals surface area contributed by atoms with E-state index in [4.69, 9.17) is 0 Å². The van der Waals surface area contributed by atoms with Crippen molar-refractivity contribution in [1.82, 2.24) is 19.9 Å². The Balaban J connectivity index is 2.29. The molecule has 0 saturated carbocycles. The SMILES string of the molecule is CCCNc1nc(N(C)CCS(C)(=O)=O)c2[nH]cnc2n1. The summed E-state index contributed by atoms with van der Waals surface area (Å²) in [6.45, 7) is 3.18. The summed E-state index contributed by atoms with van der Waals surface area (Å²) in [4.78, 5) is 17.7. The highest BCUT2D eigenvalue weighted by atomic mass is 32.2. The number of nitrogens with one attached hydrogen (secondary N) is 2. The number of hydrogen-bond acceptors (Lipinski definition) is 7. The van der Waals surface area contributed by atoms with Crippen molar-refractivity contribution in [3.63, 3.8) is 0 Å². The van der Waals surface area contributed by atoms with Crippen molar-refractivity contribution in [3.05, 3.63) is 6.33 Å². The number of anilines is 2. The van der Waals surface area contributed by atoms with Crippen LogP contribution in [0.3, 0.4) is 0 Å². The van der Waals surface area contributed by atoms with Crippen LogP contribution >= 0.6 is 0 Å². The van der Waals surface area contributed by atoms with Crippen molar-refractivity contribution < 1.29 is 8.42 Å². The van der Waals surface area contributed by atoms with Gasteiger partial charge in [-0.15, -0.1) is 0 Å². The lowest BCUT2D eigenvalue weighted by atomic mass is 10.4. The molecule has 0 radical (unpaired) electrons. The van der Waals surface area contributed by atoms with Crippen LogP contribution < -0.4 is 10.2 Å². The smallest absolute Gasteiger partial charge is 0.226 e. The summed E-state index contributed by atoms with van der Waals surface area (Å²) in [6, 6.07) is 0. The van der Waals surface area contributed by atoms with E-state index in [0.29, 0.717) is 29.5 Å². The quantitative estimate of drug-likeness (QED) is 0.773. The van der Waals surface area contributed by atoms with E-state index in [1.807, 2.05) is 0 Å². The van der Waals surface area contributed by atoms with Crippen molar-refractivity contribution in [1.29, 1.82) is 0 Å². The van der Waals surface area contributed by atoms with Crippen molar-refractivity contribution >= 4 is 32.8 Å². The first-order valence-corrected chi connectivity index (χ1v) is 8.80. The zero-order chi connectivity index (χ0) is 15.5. The maximum Gasteiger partial charge on any atom is 0.226 e. The van der Waals surface area contributed by atoms with Gasteiger partial charge in [-0.2, -0.15) is 9.97 Å². The van der Waals surface area contributed by atoms with E-state index < -0.39 is 9.84 Å². The second-order valence-electron chi connectivity index (χ2n) is 4.95. The van der Waals surface area contributed by atoms with Gasteiger partial charge in [0.2, 0.25) is 5.95 Å². The molecule has 0 aliphatic rings. The average Bonchev–Trinajstić information content (AvgIpc) is 2.89. The molecule has 2 rings (SSSR count). The summed E-state index contributed by atoms with van der Waals surface area (Å²) >= 11 is 0. The van der Waals surface area contributed by atoms with Gasteiger partial charge in [0.1, 0.15) is 15.4 Å². The summed E-state index contributed by atoms with van der Waals surface area (Å²) in [6.07, 6.45) is 3.74. The van der Waals surface area contributed by atoms with Crippen molar-refractivity contribution in [3.8, 4) is 0 Å². The van der Waals surface area contributed by atoms with Gasteiger partial charge < -0.3 is 15.2 Å². The maximum absolute atomic E-state index is 11.3. The van der Waals surface area contributed by atoms with E-state index in [1.165, 1.54) is 6.26 Å². The van der Waals surface area contributed by atoms with Gasteiger partial charge >= 0.3 is 0 Å². The third-order valence-corrected chi connectivity index (χ3v) is 3.88. The Morgan fingerprint density at radius 1 is 1.38 bits per heavy atom. The zero-order valence-corrected chi connectivity index (χ0v) is 13.2. The first kappa shape index (κ1) is 15.5. The van der Waals surface area contributed by atoms with Crippen molar-refractivity contribution in [2.75, 3.05) is 42.4 Å². The average molecular weight is 312 g/mol. The molecule has 0 amide bonds. The summed E-state index contributed by atoms with van der Waals surface area (Å²) in [7, 11) is -1.21. The fraction of sp³-hybridized carbons (Fsp3) is 0.583. The van der Waals surface area contributed by atoms with Gasteiger partial charge in [0.15, 0.2) is 11.5 Å². The summed E-state index contributed by atoms with van der Waals surface area (Å²) < 4.78 is 22.6. The lowest BCUT2D eigenvalue weighted by Gasteiger charge is -2.18. The molecule has 2 aromatic rings. The molecule has 0 aliphatic heterocycles. The number of aromatic nitrogens is 4. The van der Waals surface area contributed by atoms with Gasteiger partial charge in [-0.3, -0.25) is 0 Å². The Morgan fingerprint density at radius 3 is 2.81 bits per heavy atom. The monoisotopic (exact) mass is 312 g/mol. The molecular weight excluding hydrogens is 292 g/mol. The first-order valence-electron chi connectivity index (χ1n) is 6.74. The summed E-state index contributed by atoms with van der Waals surface area (Å²) in [5, 5.41) is 3.12. The second-order valence-corrected chi connectivity index (χ2v) is 7.21. The third kappa shape index (κ3) is 4.03. The van der Waals surface area contributed by atoms with Gasteiger partial charge in [-0.05, 0) is 6.42 Å². The molecule has 0 fully saturated rings. The number of aromatic amines is 1. The molecule has 0 saturated heterocycles. The van der Waals surface area contributed by atoms with Crippen LogP contribution in [0, 0.1) is 0 Å². The van der Waals surface area contributed by atoms with Gasteiger partial charge in [0.05, 0.1) is 12.1 Å². The fourth-order valence-corrected chi connectivity index (χ4v) is 2.42. The summed E-state index contributed by atoms with van der Waals surface area (Å²) in [5.41, 5.74) is 1.26. The number of hydrogen-bond donors (Lipinski definition) is 2. The standard InChI is InChI=1S/C12H20N6O2S/c1-4-5-13-12-16-10-9(14-8-15-10)11(17-12)18(2)6-7-21(3,19)20/h8H,4-7H2,1-3H3,(H2,13,14,15,16,17). The number of fused-ring (bicyclic) bond motifs is 1. The molecule has 0 atom stereocenters. The number of H-pyrrole nitrogens is 1. The lowest BCUT2D eigenvalue weighted by molar-refractivity contribution is 0.601. The highest BCUT2D eigenvalue weighted by molar-refractivity contribution is 7.90. The van der Waals surface area contributed by atoms with Crippen molar-refractivity contribution in [2.24, 2.45) is 0 Å². The van der Waals surface area contributed by atoms with E-state index in [-0.39, 0.29) is 5.75 Å². The van der Waals surface area contributed by atoms with Crippen LogP contribution in [0.1, 0.15) is 13.3 Å². The molecular formula is C12H20N6O2S. The molecule has 21 heavy (non-hydrogen) atoms. The molecule has 2 N–H and O–H groups in total. The normalized spacial score (nSPS) is 11.8. The van der Waals surface area contributed by atoms with Gasteiger partial charge in [0.25, 0.3) is 0 Å². The Morgan fingerprint density at radius 2 is 2.14 bits per heavy atom. The molecule has 0 spiro atoms. The van der Waals surface area contributed by atoms with E-state index in [2.05, 4.69) is 32.2 Å². The highest BCUT2D eigenvalue weighted by Gasteiger charge is 2.15. The fourth-order valence-electron chi connectivity index (χ4n) is 1.82. The number of imidazole rings is 1. The minimum Gasteiger partial charge on any atom is -0.357 e. The van der Waals surface area contributed by atoms with Crippen LogP contribution in [0.25, 0.3) is 11.2 Å². The van der Waals surface area contributed by atoms with E-state index in [0.717, 1.165) is 13.0 Å². The van der Waals surface area contributed by atoms with E-state index in [9.17, 15) is 8.42 Å². The molecule has 2 heterocycles. The minimum atomic E-state index is -3.02. The Hall–Kier alpha value is -1.90. The number of nitrogens with zero attached hydrogens (tertiary/aromatic N) is 4. The van der Waals surface area contributed by atoms with Crippen LogP contribution in [0.4, 0.5) is 11.8 Å². The zero-order valence-electron chi connectivity index (χ0n) is 12.4. The van der Waals surface area contributed by atoms with Gasteiger partial charge in [-0.1, -0.05) is 6.92 Å². The maximum atomic E-state index is 11.3. The topological polar surface area (TPSA) is 104 Å². The van der Waals surface area contributed by atoms with Crippen LogP contribution in [-0.4, -0.2) is 60.5 Å². The molecule has 0 aromatic carbocycles. The van der Waals surface area contributed by atoms with Gasteiger partial charge in [-0.25, -0.2) is 13.4 Å². The van der Waals surface area contributed by atoms with Crippen molar-refractivity contribution in [2.45, 2.75) is 13.3 Å². The largest absolute Gasteiger partial charge is 0.357 e. The number of sulfone groups is 1. The molecule has 116 valence electrons. The molecule has 0 aliphatic carbocycles. The van der Waals surface area contributed by atoms with Crippen LogP contribution in [-0.2, 0) is 9.84 Å². The van der Waals surface area contributed by atoms with Crippen LogP contribution in [0.15, 0.2) is 6.33 Å². The highest BCUT2D eigenvalue weighted by Crippen LogP contribution is 2.21. The summed E-state index contributed by atoms with van der Waals surface area (Å²) in [5.74, 6) is 1.21. The molecule has 8 nitrogen and oxygen atoms in total. The van der Waals surface area contributed by atoms with Crippen LogP contribution in [0.2, 0.25) is 0 Å². The van der Waals surface area contributed by atoms with E-state index >= 15 is 0 Å². The Kier molecular flexibility index (Phi) is 4.61. The minimum absolute atomic E-state index is 0.0703. The molecule has 2 aromatic heterocycles. The van der Waals surface area contributed by atoms with Gasteiger partial charge in [0, 0.05) is 26.4 Å². The molecule has 9 heteroatoms. The lowest BCUT2D eigenvalue weighted by Crippen LogP contribution is -2.26. The predicted molar refractivity (Wildman–Crippen MR) is 83.4 cm³/mol.